The third-order valence-electron chi connectivity index (χ3n) is 4.30. The Morgan fingerprint density at radius 1 is 1.27 bits per heavy atom. The SMILES string of the molecule is CCOc1ccc2c(c1)CC(C(=O)Nc1ccc(C(C)(C)C)nn1)CO2. The van der Waals surface area contributed by atoms with E-state index >= 15 is 0 Å². The maximum Gasteiger partial charge on any atom is 0.232 e. The number of hydrogen-bond acceptors (Lipinski definition) is 5. The minimum absolute atomic E-state index is 0.0747. The third-order valence-corrected chi connectivity index (χ3v) is 4.30. The first-order chi connectivity index (χ1) is 12.4. The Bertz CT molecular complexity index is 782. The van der Waals surface area contributed by atoms with Crippen LogP contribution in [0.25, 0.3) is 0 Å². The Morgan fingerprint density at radius 3 is 2.73 bits per heavy atom. The molecule has 1 aliphatic heterocycles. The average molecular weight is 355 g/mol. The molecule has 2 heterocycles. The minimum Gasteiger partial charge on any atom is -0.494 e. The quantitative estimate of drug-likeness (QED) is 0.910. The number of rotatable bonds is 4. The van der Waals surface area contributed by atoms with Crippen LogP contribution in [0.5, 0.6) is 11.5 Å². The van der Waals surface area contributed by atoms with Gasteiger partial charge in [-0.2, -0.15) is 5.10 Å². The number of nitrogens with zero attached hydrogens (tertiary/aromatic N) is 2. The van der Waals surface area contributed by atoms with E-state index in [0.29, 0.717) is 25.5 Å². The summed E-state index contributed by atoms with van der Waals surface area (Å²) in [7, 11) is 0. The van der Waals surface area contributed by atoms with Crippen molar-refractivity contribution < 1.29 is 14.3 Å². The van der Waals surface area contributed by atoms with E-state index in [-0.39, 0.29) is 17.2 Å². The van der Waals surface area contributed by atoms with Crippen molar-refractivity contribution in [3.8, 4) is 11.5 Å². The zero-order valence-electron chi connectivity index (χ0n) is 15.7. The van der Waals surface area contributed by atoms with E-state index < -0.39 is 0 Å². The maximum absolute atomic E-state index is 12.6. The lowest BCUT2D eigenvalue weighted by Crippen LogP contribution is -2.33. The number of carbonyl (C=O) groups excluding carboxylic acids is 1. The lowest BCUT2D eigenvalue weighted by Gasteiger charge is -2.25. The summed E-state index contributed by atoms with van der Waals surface area (Å²) >= 11 is 0. The van der Waals surface area contributed by atoms with Crippen molar-refractivity contribution in [2.24, 2.45) is 5.92 Å². The van der Waals surface area contributed by atoms with Crippen LogP contribution >= 0.6 is 0 Å². The number of carbonyl (C=O) groups is 1. The van der Waals surface area contributed by atoms with E-state index in [4.69, 9.17) is 9.47 Å². The van der Waals surface area contributed by atoms with Crippen molar-refractivity contribution in [2.45, 2.75) is 39.5 Å². The number of nitrogens with one attached hydrogen (secondary N) is 1. The molecule has 1 N–H and O–H groups in total. The zero-order chi connectivity index (χ0) is 18.7. The summed E-state index contributed by atoms with van der Waals surface area (Å²) < 4.78 is 11.3. The predicted molar refractivity (Wildman–Crippen MR) is 99.7 cm³/mol. The Balaban J connectivity index is 1.66. The van der Waals surface area contributed by atoms with Gasteiger partial charge in [-0.25, -0.2) is 0 Å². The fourth-order valence-corrected chi connectivity index (χ4v) is 2.82. The molecule has 138 valence electrons. The molecule has 0 spiro atoms. The largest absolute Gasteiger partial charge is 0.494 e. The summed E-state index contributed by atoms with van der Waals surface area (Å²) in [6.45, 7) is 9.11. The van der Waals surface area contributed by atoms with Crippen LogP contribution in [0.3, 0.4) is 0 Å². The normalized spacial score (nSPS) is 16.4. The molecule has 0 bridgehead atoms. The molecular formula is C20H25N3O3. The molecular weight excluding hydrogens is 330 g/mol. The summed E-state index contributed by atoms with van der Waals surface area (Å²) in [6, 6.07) is 9.40. The standard InChI is InChI=1S/C20H25N3O3/c1-5-25-15-6-7-16-13(11-15)10-14(12-26-16)19(24)21-18-9-8-17(22-23-18)20(2,3)4/h6-9,11,14H,5,10,12H2,1-4H3,(H,21,23,24). The van der Waals surface area contributed by atoms with Crippen molar-refractivity contribution in [1.29, 1.82) is 0 Å². The van der Waals surface area contributed by atoms with Crippen LogP contribution < -0.4 is 14.8 Å². The average Bonchev–Trinajstić information content (AvgIpc) is 2.61. The van der Waals surface area contributed by atoms with E-state index in [1.165, 1.54) is 0 Å². The van der Waals surface area contributed by atoms with Gasteiger partial charge in [-0.3, -0.25) is 4.79 Å². The van der Waals surface area contributed by atoms with E-state index in [9.17, 15) is 4.79 Å². The summed E-state index contributed by atoms with van der Waals surface area (Å²) in [6.07, 6.45) is 0.607. The van der Waals surface area contributed by atoms with Gasteiger partial charge in [-0.15, -0.1) is 5.10 Å². The van der Waals surface area contributed by atoms with E-state index in [1.807, 2.05) is 31.2 Å². The van der Waals surface area contributed by atoms with Crippen LogP contribution in [-0.2, 0) is 16.6 Å². The molecule has 1 aliphatic rings. The molecule has 1 amide bonds. The van der Waals surface area contributed by atoms with Crippen LogP contribution in [-0.4, -0.2) is 29.3 Å². The van der Waals surface area contributed by atoms with E-state index in [1.54, 1.807) is 6.07 Å². The highest BCUT2D eigenvalue weighted by atomic mass is 16.5. The topological polar surface area (TPSA) is 73.3 Å². The monoisotopic (exact) mass is 355 g/mol. The highest BCUT2D eigenvalue weighted by Crippen LogP contribution is 2.31. The predicted octanol–water partition coefficient (Wildman–Crippen LogP) is 3.36. The van der Waals surface area contributed by atoms with Crippen LogP contribution in [0, 0.1) is 5.92 Å². The van der Waals surface area contributed by atoms with Crippen LogP contribution in [0.15, 0.2) is 30.3 Å². The van der Waals surface area contributed by atoms with Crippen LogP contribution in [0.4, 0.5) is 5.82 Å². The summed E-state index contributed by atoms with van der Waals surface area (Å²) in [5.41, 5.74) is 1.79. The minimum atomic E-state index is -0.275. The van der Waals surface area contributed by atoms with Gasteiger partial charge in [0.05, 0.1) is 18.2 Å². The molecule has 0 saturated heterocycles. The number of benzene rings is 1. The van der Waals surface area contributed by atoms with Gasteiger partial charge in [0.25, 0.3) is 0 Å². The van der Waals surface area contributed by atoms with Crippen molar-refractivity contribution in [3.63, 3.8) is 0 Å². The zero-order valence-corrected chi connectivity index (χ0v) is 15.7. The van der Waals surface area contributed by atoms with Gasteiger partial charge in [0.15, 0.2) is 5.82 Å². The molecule has 0 radical (unpaired) electrons. The van der Waals surface area contributed by atoms with E-state index in [2.05, 4.69) is 36.3 Å². The first-order valence-corrected chi connectivity index (χ1v) is 8.90. The Hall–Kier alpha value is -2.63. The van der Waals surface area contributed by atoms with Gasteiger partial charge in [0, 0.05) is 5.41 Å². The number of hydrogen-bond donors (Lipinski definition) is 1. The molecule has 0 saturated carbocycles. The smallest absolute Gasteiger partial charge is 0.232 e. The molecule has 1 unspecified atom stereocenters. The lowest BCUT2D eigenvalue weighted by atomic mass is 9.92. The Kier molecular flexibility index (Phi) is 5.11. The summed E-state index contributed by atoms with van der Waals surface area (Å²) in [5.74, 6) is 1.67. The molecule has 6 heteroatoms. The highest BCUT2D eigenvalue weighted by Gasteiger charge is 2.27. The van der Waals surface area contributed by atoms with Gasteiger partial charge in [-0.1, -0.05) is 20.8 Å². The molecule has 1 aromatic heterocycles. The highest BCUT2D eigenvalue weighted by molar-refractivity contribution is 5.92. The Labute approximate surface area is 153 Å². The van der Waals surface area contributed by atoms with Gasteiger partial charge in [-0.05, 0) is 49.2 Å². The number of anilines is 1. The number of aromatic nitrogens is 2. The molecule has 26 heavy (non-hydrogen) atoms. The molecule has 1 atom stereocenters. The molecule has 0 fully saturated rings. The molecule has 0 aliphatic carbocycles. The van der Waals surface area contributed by atoms with Crippen LogP contribution in [0.1, 0.15) is 39.0 Å². The maximum atomic E-state index is 12.6. The van der Waals surface area contributed by atoms with Crippen LogP contribution in [0.2, 0.25) is 0 Å². The summed E-state index contributed by atoms with van der Waals surface area (Å²) in [5, 5.41) is 11.2. The first-order valence-electron chi connectivity index (χ1n) is 8.90. The van der Waals surface area contributed by atoms with Crippen molar-refractivity contribution in [3.05, 3.63) is 41.6 Å². The van der Waals surface area contributed by atoms with Gasteiger partial charge in [0.1, 0.15) is 18.1 Å². The van der Waals surface area contributed by atoms with Gasteiger partial charge < -0.3 is 14.8 Å². The number of fused-ring (bicyclic) bond motifs is 1. The fraction of sp³-hybridized carbons (Fsp3) is 0.450. The molecule has 6 nitrogen and oxygen atoms in total. The first kappa shape index (κ1) is 18.2. The fourth-order valence-electron chi connectivity index (χ4n) is 2.82. The molecule has 2 aromatic rings. The van der Waals surface area contributed by atoms with Crippen molar-refractivity contribution in [1.82, 2.24) is 10.2 Å². The van der Waals surface area contributed by atoms with Crippen molar-refractivity contribution >= 4 is 11.7 Å². The van der Waals surface area contributed by atoms with Crippen molar-refractivity contribution in [2.75, 3.05) is 18.5 Å². The van der Waals surface area contributed by atoms with Gasteiger partial charge in [0.2, 0.25) is 5.91 Å². The molecule has 1 aromatic carbocycles. The third kappa shape index (κ3) is 4.12. The summed E-state index contributed by atoms with van der Waals surface area (Å²) in [4.78, 5) is 12.6. The number of amides is 1. The van der Waals surface area contributed by atoms with E-state index in [0.717, 1.165) is 22.8 Å². The second-order valence-electron chi connectivity index (χ2n) is 7.46. The number of ether oxygens (including phenoxy) is 2. The second kappa shape index (κ2) is 7.32. The van der Waals surface area contributed by atoms with Gasteiger partial charge >= 0.3 is 0 Å². The lowest BCUT2D eigenvalue weighted by molar-refractivity contribution is -0.121. The second-order valence-corrected chi connectivity index (χ2v) is 7.46. The Morgan fingerprint density at radius 2 is 2.08 bits per heavy atom. The molecule has 3 rings (SSSR count).